The summed E-state index contributed by atoms with van der Waals surface area (Å²) in [6.07, 6.45) is 2.00. The Hall–Kier alpha value is -3.23. The Morgan fingerprint density at radius 2 is 2.00 bits per heavy atom. The molecule has 0 aliphatic carbocycles. The Labute approximate surface area is 149 Å². The normalized spacial score (nSPS) is 10.4. The Morgan fingerprint density at radius 3 is 2.77 bits per heavy atom. The Morgan fingerprint density at radius 1 is 1.19 bits per heavy atom. The largest absolute Gasteiger partial charge is 0.489 e. The van der Waals surface area contributed by atoms with Gasteiger partial charge in [-0.15, -0.1) is 0 Å². The summed E-state index contributed by atoms with van der Waals surface area (Å²) in [5, 5.41) is 22.1. The van der Waals surface area contributed by atoms with Crippen molar-refractivity contribution in [3.8, 4) is 5.75 Å². The van der Waals surface area contributed by atoms with Gasteiger partial charge in [-0.2, -0.15) is 0 Å². The average molecular weight is 350 g/mol. The number of fused-ring (bicyclic) bond motifs is 1. The van der Waals surface area contributed by atoms with E-state index in [1.165, 1.54) is 18.2 Å². The summed E-state index contributed by atoms with van der Waals surface area (Å²) < 4.78 is 5.35. The molecule has 0 aliphatic rings. The summed E-state index contributed by atoms with van der Waals surface area (Å²) in [6.45, 7) is -0.349. The van der Waals surface area contributed by atoms with Gasteiger partial charge in [-0.25, -0.2) is 0 Å². The molecule has 0 saturated heterocycles. The van der Waals surface area contributed by atoms with Crippen molar-refractivity contribution in [1.82, 2.24) is 4.98 Å². The third-order valence-corrected chi connectivity index (χ3v) is 3.73. The lowest BCUT2D eigenvalue weighted by Gasteiger charge is -2.12. The van der Waals surface area contributed by atoms with E-state index in [0.717, 1.165) is 10.9 Å². The van der Waals surface area contributed by atoms with E-state index in [0.29, 0.717) is 12.0 Å². The summed E-state index contributed by atoms with van der Waals surface area (Å²) >= 11 is 0. The number of amides is 1. The van der Waals surface area contributed by atoms with Gasteiger partial charge in [-0.1, -0.05) is 30.3 Å². The molecule has 0 aliphatic heterocycles. The maximum Gasteiger partial charge on any atom is 0.489 e. The highest BCUT2D eigenvalue weighted by atomic mass is 16.5. The second-order valence-electron chi connectivity index (χ2n) is 5.50. The van der Waals surface area contributed by atoms with Crippen LogP contribution in [-0.4, -0.2) is 41.0 Å². The number of benzene rings is 2. The summed E-state index contributed by atoms with van der Waals surface area (Å²) in [4.78, 5) is 27.5. The van der Waals surface area contributed by atoms with Gasteiger partial charge in [0.25, 0.3) is 5.91 Å². The minimum Gasteiger partial charge on any atom is -0.483 e. The van der Waals surface area contributed by atoms with Crippen LogP contribution in [0.2, 0.25) is 0 Å². The molecule has 0 saturated carbocycles. The fourth-order valence-corrected chi connectivity index (χ4v) is 2.52. The lowest BCUT2D eigenvalue weighted by atomic mass is 9.77. The number of aromatic nitrogens is 1. The van der Waals surface area contributed by atoms with E-state index in [-0.39, 0.29) is 23.4 Å². The number of hydrogen-bond donors (Lipinski definition) is 3. The number of pyridine rings is 1. The Balaban J connectivity index is 1.69. The van der Waals surface area contributed by atoms with Crippen LogP contribution in [0.1, 0.15) is 10.4 Å². The number of nitrogens with zero attached hydrogens (tertiary/aromatic N) is 1. The highest BCUT2D eigenvalue weighted by Gasteiger charge is 2.19. The average Bonchev–Trinajstić information content (AvgIpc) is 2.65. The summed E-state index contributed by atoms with van der Waals surface area (Å²) in [7, 11) is -1.81. The van der Waals surface area contributed by atoms with Crippen molar-refractivity contribution in [2.75, 3.05) is 11.9 Å². The van der Waals surface area contributed by atoms with Crippen molar-refractivity contribution in [1.29, 1.82) is 0 Å². The van der Waals surface area contributed by atoms with Crippen LogP contribution in [0, 0.1) is 0 Å². The first-order chi connectivity index (χ1) is 12.6. The fourth-order valence-electron chi connectivity index (χ4n) is 2.52. The lowest BCUT2D eigenvalue weighted by Crippen LogP contribution is -2.33. The van der Waals surface area contributed by atoms with Gasteiger partial charge in [0, 0.05) is 5.39 Å². The van der Waals surface area contributed by atoms with Crippen molar-refractivity contribution in [2.24, 2.45) is 0 Å². The van der Waals surface area contributed by atoms with Crippen LogP contribution in [-0.2, 0) is 4.79 Å². The van der Waals surface area contributed by atoms with Crippen molar-refractivity contribution in [2.45, 2.75) is 0 Å². The predicted molar refractivity (Wildman–Crippen MR) is 97.5 cm³/mol. The lowest BCUT2D eigenvalue weighted by molar-refractivity contribution is -0.118. The number of nitrogens with one attached hydrogen (secondary N) is 1. The van der Waals surface area contributed by atoms with E-state index < -0.39 is 13.0 Å². The molecule has 0 radical (unpaired) electrons. The fraction of sp³-hybridized carbons (Fsp3) is 0.0556. The number of anilines is 1. The van der Waals surface area contributed by atoms with Crippen molar-refractivity contribution in [3.05, 3.63) is 60.3 Å². The first-order valence-corrected chi connectivity index (χ1v) is 7.80. The summed E-state index contributed by atoms with van der Waals surface area (Å²) in [5.41, 5.74) is 1.34. The molecular weight excluding hydrogens is 335 g/mol. The molecule has 2 aromatic carbocycles. The van der Waals surface area contributed by atoms with Crippen LogP contribution < -0.4 is 15.5 Å². The minimum atomic E-state index is -1.81. The smallest absolute Gasteiger partial charge is 0.483 e. The van der Waals surface area contributed by atoms with E-state index in [2.05, 4.69) is 10.3 Å². The number of rotatable bonds is 6. The zero-order valence-corrected chi connectivity index (χ0v) is 13.6. The van der Waals surface area contributed by atoms with Crippen LogP contribution in [0.25, 0.3) is 10.9 Å². The number of para-hydroxylation sites is 1. The molecule has 26 heavy (non-hydrogen) atoms. The highest BCUT2D eigenvalue weighted by Crippen LogP contribution is 2.17. The van der Waals surface area contributed by atoms with Gasteiger partial charge in [0.2, 0.25) is 0 Å². The third-order valence-electron chi connectivity index (χ3n) is 3.73. The SMILES string of the molecule is O=Cc1c(OCC(=O)Nc2cnc3ccccc3c2)cccc1B(O)O. The maximum atomic E-state index is 12.1. The Kier molecular flexibility index (Phi) is 5.26. The minimum absolute atomic E-state index is 0.0108. The predicted octanol–water partition coefficient (Wildman–Crippen LogP) is 0.745. The molecule has 1 heterocycles. The van der Waals surface area contributed by atoms with Crippen molar-refractivity contribution in [3.63, 3.8) is 0 Å². The molecule has 1 aromatic heterocycles. The highest BCUT2D eigenvalue weighted by molar-refractivity contribution is 6.60. The van der Waals surface area contributed by atoms with E-state index in [1.807, 2.05) is 24.3 Å². The monoisotopic (exact) mass is 350 g/mol. The van der Waals surface area contributed by atoms with Gasteiger partial charge in [0.05, 0.1) is 23.0 Å². The van der Waals surface area contributed by atoms with E-state index in [1.54, 1.807) is 12.3 Å². The molecule has 3 aromatic rings. The van der Waals surface area contributed by atoms with Gasteiger partial charge in [-0.3, -0.25) is 14.6 Å². The quantitative estimate of drug-likeness (QED) is 0.447. The van der Waals surface area contributed by atoms with Crippen LogP contribution in [0.15, 0.2) is 54.7 Å². The van der Waals surface area contributed by atoms with E-state index >= 15 is 0 Å². The molecule has 1 amide bonds. The summed E-state index contributed by atoms with van der Waals surface area (Å²) in [5.74, 6) is -0.341. The second-order valence-corrected chi connectivity index (χ2v) is 5.50. The number of carbonyl (C=O) groups excluding carboxylic acids is 2. The number of hydrogen-bond acceptors (Lipinski definition) is 6. The molecular formula is C18H15BN2O5. The molecule has 130 valence electrons. The molecule has 0 spiro atoms. The van der Waals surface area contributed by atoms with Gasteiger partial charge < -0.3 is 20.1 Å². The van der Waals surface area contributed by atoms with Crippen LogP contribution in [0.4, 0.5) is 5.69 Å². The molecule has 7 nitrogen and oxygen atoms in total. The van der Waals surface area contributed by atoms with Crippen LogP contribution >= 0.6 is 0 Å². The molecule has 0 atom stereocenters. The zero-order chi connectivity index (χ0) is 18.5. The molecule has 0 bridgehead atoms. The standard InChI is InChI=1S/C18H15BN2O5/c22-10-14-15(19(24)25)5-3-7-17(14)26-11-18(23)21-13-8-12-4-1-2-6-16(12)20-9-13/h1-10,24-25H,11H2,(H,21,23). The Bertz CT molecular complexity index is 961. The maximum absolute atomic E-state index is 12.1. The zero-order valence-electron chi connectivity index (χ0n) is 13.6. The second kappa shape index (κ2) is 7.77. The molecule has 0 fully saturated rings. The van der Waals surface area contributed by atoms with Gasteiger partial charge >= 0.3 is 7.12 Å². The van der Waals surface area contributed by atoms with Gasteiger partial charge in [0.15, 0.2) is 12.9 Å². The number of aldehydes is 1. The number of carbonyl (C=O) groups is 2. The van der Waals surface area contributed by atoms with Gasteiger partial charge in [-0.05, 0) is 23.7 Å². The summed E-state index contributed by atoms with van der Waals surface area (Å²) in [6, 6.07) is 13.7. The molecule has 3 rings (SSSR count). The van der Waals surface area contributed by atoms with Crippen LogP contribution in [0.5, 0.6) is 5.75 Å². The van der Waals surface area contributed by atoms with Crippen LogP contribution in [0.3, 0.4) is 0 Å². The van der Waals surface area contributed by atoms with Gasteiger partial charge in [0.1, 0.15) is 5.75 Å². The molecule has 8 heteroatoms. The van der Waals surface area contributed by atoms with E-state index in [9.17, 15) is 19.6 Å². The molecule has 0 unspecified atom stereocenters. The van der Waals surface area contributed by atoms with E-state index in [4.69, 9.17) is 4.74 Å². The van der Waals surface area contributed by atoms with Crippen molar-refractivity contribution < 1.29 is 24.4 Å². The molecule has 3 N–H and O–H groups in total. The first-order valence-electron chi connectivity index (χ1n) is 7.80. The number of ether oxygens (including phenoxy) is 1. The first kappa shape index (κ1) is 17.6. The topological polar surface area (TPSA) is 109 Å². The van der Waals surface area contributed by atoms with Crippen molar-refractivity contribution >= 4 is 41.4 Å². The third kappa shape index (κ3) is 3.88.